The van der Waals surface area contributed by atoms with Crippen LogP contribution in [-0.2, 0) is 17.6 Å². The third kappa shape index (κ3) is 6.72. The Labute approximate surface area is 166 Å². The van der Waals surface area contributed by atoms with Crippen molar-refractivity contribution < 1.29 is 27.8 Å². The predicted octanol–water partition coefficient (Wildman–Crippen LogP) is 3.57. The Morgan fingerprint density at radius 2 is 1.82 bits per heavy atom. The molecule has 0 bridgehead atoms. The minimum Gasteiger partial charge on any atom is -0.484 e. The van der Waals surface area contributed by atoms with E-state index >= 15 is 0 Å². The minimum atomic E-state index is -4.33. The summed E-state index contributed by atoms with van der Waals surface area (Å²) in [5, 5.41) is 8.89. The summed E-state index contributed by atoms with van der Waals surface area (Å²) in [5.74, 6) is 0.712. The van der Waals surface area contributed by atoms with Crippen molar-refractivity contribution in [2.75, 3.05) is 19.7 Å². The molecule has 2 heterocycles. The molecular formula is C19H21F3N2O3S. The third-order valence-corrected chi connectivity index (χ3v) is 4.39. The number of aliphatic hydroxyl groups is 1. The molecule has 0 atom stereocenters. The number of ether oxygens (including phenoxy) is 1. The van der Waals surface area contributed by atoms with Crippen molar-refractivity contribution in [2.45, 2.75) is 30.5 Å². The van der Waals surface area contributed by atoms with Crippen molar-refractivity contribution in [3.8, 4) is 5.75 Å². The summed E-state index contributed by atoms with van der Waals surface area (Å²) in [6, 6.07) is 8.00. The normalized spacial score (nSPS) is 13.7. The van der Waals surface area contributed by atoms with Crippen molar-refractivity contribution in [3.63, 3.8) is 0 Å². The molecule has 1 fully saturated rings. The van der Waals surface area contributed by atoms with E-state index in [0.717, 1.165) is 50.0 Å². The van der Waals surface area contributed by atoms with E-state index in [1.54, 1.807) is 24.3 Å². The highest BCUT2D eigenvalue weighted by molar-refractivity contribution is 7.80. The number of nitrogens with zero attached hydrogens (tertiary/aromatic N) is 2. The van der Waals surface area contributed by atoms with Gasteiger partial charge in [0.25, 0.3) is 5.91 Å². The first-order valence-corrected chi connectivity index (χ1v) is 9.06. The van der Waals surface area contributed by atoms with Gasteiger partial charge in [-0.15, -0.1) is 12.6 Å². The van der Waals surface area contributed by atoms with E-state index in [1.165, 1.54) is 0 Å². The number of pyridine rings is 1. The molecule has 1 saturated heterocycles. The predicted molar refractivity (Wildman–Crippen MR) is 100 cm³/mol. The summed E-state index contributed by atoms with van der Waals surface area (Å²) >= 11 is 3.61. The zero-order chi connectivity index (χ0) is 20.6. The van der Waals surface area contributed by atoms with Gasteiger partial charge in [0, 0.05) is 30.4 Å². The number of rotatable bonds is 4. The quantitative estimate of drug-likeness (QED) is 0.751. The Morgan fingerprint density at radius 1 is 1.18 bits per heavy atom. The molecule has 0 unspecified atom stereocenters. The van der Waals surface area contributed by atoms with E-state index in [2.05, 4.69) is 17.6 Å². The average Bonchev–Trinajstić information content (AvgIpc) is 3.21. The van der Waals surface area contributed by atoms with Gasteiger partial charge in [-0.05, 0) is 36.6 Å². The van der Waals surface area contributed by atoms with Gasteiger partial charge in [-0.25, -0.2) is 0 Å². The Bertz CT molecular complexity index is 764. The van der Waals surface area contributed by atoms with Crippen LogP contribution in [0.1, 0.15) is 24.0 Å². The van der Waals surface area contributed by atoms with Gasteiger partial charge in [0.2, 0.25) is 0 Å². The van der Waals surface area contributed by atoms with Crippen LogP contribution in [0.5, 0.6) is 5.75 Å². The minimum absolute atomic E-state index is 0.0208. The van der Waals surface area contributed by atoms with Gasteiger partial charge < -0.3 is 14.7 Å². The second-order valence-corrected chi connectivity index (χ2v) is 6.55. The highest BCUT2D eigenvalue weighted by atomic mass is 32.1. The van der Waals surface area contributed by atoms with Crippen molar-refractivity contribution in [1.82, 2.24) is 9.88 Å². The molecule has 1 N–H and O–H groups in total. The van der Waals surface area contributed by atoms with Crippen LogP contribution in [0.15, 0.2) is 47.6 Å². The van der Waals surface area contributed by atoms with Crippen LogP contribution in [0.4, 0.5) is 13.2 Å². The molecule has 1 aromatic heterocycles. The lowest BCUT2D eigenvalue weighted by Gasteiger charge is -2.15. The molecule has 3 rings (SSSR count). The number of halogens is 3. The first-order valence-electron chi connectivity index (χ1n) is 8.62. The number of thiol groups is 1. The van der Waals surface area contributed by atoms with Gasteiger partial charge in [0.15, 0.2) is 6.61 Å². The summed E-state index contributed by atoms with van der Waals surface area (Å²) in [5.41, 5.74) is 0.0825. The van der Waals surface area contributed by atoms with Gasteiger partial charge >= 0.3 is 6.18 Å². The number of carbonyl (C=O) groups excluding carboxylic acids is 1. The summed E-state index contributed by atoms with van der Waals surface area (Å²) in [6.45, 7) is 1.82. The van der Waals surface area contributed by atoms with Gasteiger partial charge in [-0.2, -0.15) is 13.2 Å². The molecule has 5 nitrogen and oxygen atoms in total. The largest absolute Gasteiger partial charge is 0.484 e. The molecule has 2 aromatic rings. The second-order valence-electron chi connectivity index (χ2n) is 6.07. The summed E-state index contributed by atoms with van der Waals surface area (Å²) < 4.78 is 41.3. The van der Waals surface area contributed by atoms with Gasteiger partial charge in [0.1, 0.15) is 5.75 Å². The van der Waals surface area contributed by atoms with E-state index in [9.17, 15) is 18.0 Å². The molecule has 0 radical (unpaired) electrons. The molecule has 1 aliphatic rings. The fraction of sp³-hybridized carbons (Fsp3) is 0.368. The molecule has 0 saturated carbocycles. The van der Waals surface area contributed by atoms with Crippen LogP contribution in [-0.4, -0.2) is 40.6 Å². The van der Waals surface area contributed by atoms with Gasteiger partial charge in [0.05, 0.1) is 12.2 Å². The van der Waals surface area contributed by atoms with Crippen LogP contribution in [0.25, 0.3) is 0 Å². The molecule has 9 heteroatoms. The van der Waals surface area contributed by atoms with E-state index < -0.39 is 11.7 Å². The van der Waals surface area contributed by atoms with E-state index in [0.29, 0.717) is 5.75 Å². The zero-order valence-electron chi connectivity index (χ0n) is 15.0. The van der Waals surface area contributed by atoms with E-state index in [1.807, 2.05) is 4.90 Å². The van der Waals surface area contributed by atoms with Crippen LogP contribution in [0, 0.1) is 0 Å². The number of hydrogen-bond acceptors (Lipinski definition) is 5. The SMILES string of the molecule is FC(F)(F)c1ccncc1S.O=C(COc1ccc(CO)cc1)N1CCCC1. The van der Waals surface area contributed by atoms with Crippen molar-refractivity contribution in [3.05, 3.63) is 53.9 Å². The van der Waals surface area contributed by atoms with E-state index in [4.69, 9.17) is 9.84 Å². The lowest BCUT2D eigenvalue weighted by Crippen LogP contribution is -2.32. The van der Waals surface area contributed by atoms with Crippen molar-refractivity contribution in [2.24, 2.45) is 0 Å². The highest BCUT2D eigenvalue weighted by Gasteiger charge is 2.32. The van der Waals surface area contributed by atoms with Crippen LogP contribution >= 0.6 is 12.6 Å². The highest BCUT2D eigenvalue weighted by Crippen LogP contribution is 2.32. The fourth-order valence-corrected chi connectivity index (χ4v) is 2.79. The maximum atomic E-state index is 12.0. The monoisotopic (exact) mass is 414 g/mol. The number of hydrogen-bond donors (Lipinski definition) is 2. The molecule has 0 spiro atoms. The van der Waals surface area contributed by atoms with Crippen LogP contribution in [0.3, 0.4) is 0 Å². The Morgan fingerprint density at radius 3 is 2.32 bits per heavy atom. The van der Waals surface area contributed by atoms with E-state index in [-0.39, 0.29) is 24.0 Å². The van der Waals surface area contributed by atoms with Crippen molar-refractivity contribution >= 4 is 18.5 Å². The van der Waals surface area contributed by atoms with Crippen molar-refractivity contribution in [1.29, 1.82) is 0 Å². The third-order valence-electron chi connectivity index (χ3n) is 4.03. The Balaban J connectivity index is 0.000000221. The van der Waals surface area contributed by atoms with Gasteiger partial charge in [-0.1, -0.05) is 12.1 Å². The average molecular weight is 414 g/mol. The number of benzene rings is 1. The maximum absolute atomic E-state index is 12.0. The molecule has 152 valence electrons. The number of amides is 1. The topological polar surface area (TPSA) is 62.7 Å². The first-order chi connectivity index (χ1) is 13.3. The number of carbonyl (C=O) groups is 1. The standard InChI is InChI=1S/C13H17NO3.C6H4F3NS/c15-9-11-3-5-12(6-4-11)17-10-13(16)14-7-1-2-8-14;7-6(8,9)4-1-2-10-3-5(4)11/h3-6,15H,1-2,7-10H2;1-3,11H. The number of alkyl halides is 3. The molecule has 1 amide bonds. The summed E-state index contributed by atoms with van der Waals surface area (Å²) in [7, 11) is 0. The summed E-state index contributed by atoms with van der Waals surface area (Å²) in [6.07, 6.45) is 0.00236. The first kappa shape index (κ1) is 22.0. The van der Waals surface area contributed by atoms with Crippen LogP contribution in [0.2, 0.25) is 0 Å². The zero-order valence-corrected chi connectivity index (χ0v) is 15.9. The smallest absolute Gasteiger partial charge is 0.417 e. The number of likely N-dealkylation sites (tertiary alicyclic amines) is 1. The number of aliphatic hydroxyl groups excluding tert-OH is 1. The van der Waals surface area contributed by atoms with Crippen LogP contribution < -0.4 is 4.74 Å². The lowest BCUT2D eigenvalue weighted by molar-refractivity contribution is -0.139. The Hall–Kier alpha value is -2.26. The number of aromatic nitrogens is 1. The Kier molecular flexibility index (Phi) is 8.13. The molecule has 0 aliphatic carbocycles. The molecule has 1 aliphatic heterocycles. The summed E-state index contributed by atoms with van der Waals surface area (Å²) in [4.78, 5) is 16.9. The fourth-order valence-electron chi connectivity index (χ4n) is 2.52. The lowest BCUT2D eigenvalue weighted by atomic mass is 10.2. The molecule has 1 aromatic carbocycles. The second kappa shape index (κ2) is 10.3. The maximum Gasteiger partial charge on any atom is 0.417 e. The molecular weight excluding hydrogens is 393 g/mol. The molecule has 28 heavy (non-hydrogen) atoms. The van der Waals surface area contributed by atoms with Gasteiger partial charge in [-0.3, -0.25) is 9.78 Å².